The zero-order valence-electron chi connectivity index (χ0n) is 14.0. The van der Waals surface area contributed by atoms with Crippen LogP contribution in [0.1, 0.15) is 0 Å². The molecule has 1 aliphatic heterocycles. The maximum absolute atomic E-state index is 12.4. The number of rotatable bonds is 4. The van der Waals surface area contributed by atoms with Gasteiger partial charge in [-0.05, 0) is 28.1 Å². The number of para-hydroxylation sites is 1. The molecule has 0 spiro atoms. The first-order valence-corrected chi connectivity index (χ1v) is 9.18. The zero-order chi connectivity index (χ0) is 17.9. The summed E-state index contributed by atoms with van der Waals surface area (Å²) >= 11 is 3.45. The van der Waals surface area contributed by atoms with Gasteiger partial charge in [-0.2, -0.15) is 0 Å². The van der Waals surface area contributed by atoms with Crippen LogP contribution in [0.2, 0.25) is 0 Å². The normalized spacial score (nSPS) is 14.0. The second kappa shape index (κ2) is 7.25. The number of amides is 1. The van der Waals surface area contributed by atoms with Gasteiger partial charge in [0.25, 0.3) is 0 Å². The molecule has 0 unspecified atom stereocenters. The highest BCUT2D eigenvalue weighted by atomic mass is 79.9. The van der Waals surface area contributed by atoms with E-state index in [-0.39, 0.29) is 11.8 Å². The molecule has 5 nitrogen and oxygen atoms in total. The van der Waals surface area contributed by atoms with Gasteiger partial charge in [0.1, 0.15) is 12.1 Å². The van der Waals surface area contributed by atoms with E-state index in [9.17, 15) is 4.79 Å². The summed E-state index contributed by atoms with van der Waals surface area (Å²) in [4.78, 5) is 23.2. The molecule has 26 heavy (non-hydrogen) atoms. The van der Waals surface area contributed by atoms with Gasteiger partial charge in [0.15, 0.2) is 0 Å². The summed E-state index contributed by atoms with van der Waals surface area (Å²) in [7, 11) is 0. The van der Waals surface area contributed by atoms with Crippen LogP contribution in [0.5, 0.6) is 0 Å². The average Bonchev–Trinajstić information content (AvgIpc) is 2.63. The fourth-order valence-electron chi connectivity index (χ4n) is 2.92. The minimum Gasteiger partial charge on any atom is -0.355 e. The summed E-state index contributed by atoms with van der Waals surface area (Å²) in [6.45, 7) is 1.31. The monoisotopic (exact) mass is 408 g/mol. The summed E-state index contributed by atoms with van der Waals surface area (Å²) in [6.07, 6.45) is 1.58. The van der Waals surface area contributed by atoms with Crippen LogP contribution in [0.3, 0.4) is 0 Å². The second-order valence-corrected chi connectivity index (χ2v) is 7.05. The van der Waals surface area contributed by atoms with Crippen molar-refractivity contribution in [1.82, 2.24) is 9.97 Å². The van der Waals surface area contributed by atoms with E-state index in [1.807, 2.05) is 60.7 Å². The van der Waals surface area contributed by atoms with Gasteiger partial charge in [-0.25, -0.2) is 9.97 Å². The van der Waals surface area contributed by atoms with E-state index >= 15 is 0 Å². The van der Waals surface area contributed by atoms with Crippen molar-refractivity contribution in [3.8, 4) is 11.3 Å². The van der Waals surface area contributed by atoms with Crippen LogP contribution in [-0.2, 0) is 4.79 Å². The van der Waals surface area contributed by atoms with Crippen molar-refractivity contribution in [3.63, 3.8) is 0 Å². The highest BCUT2D eigenvalue weighted by Gasteiger charge is 2.33. The average molecular weight is 409 g/mol. The van der Waals surface area contributed by atoms with Gasteiger partial charge in [-0.3, -0.25) is 4.79 Å². The van der Waals surface area contributed by atoms with Crippen molar-refractivity contribution in [2.75, 3.05) is 23.3 Å². The van der Waals surface area contributed by atoms with Crippen molar-refractivity contribution in [2.45, 2.75) is 0 Å². The van der Waals surface area contributed by atoms with E-state index in [0.29, 0.717) is 13.1 Å². The van der Waals surface area contributed by atoms with Gasteiger partial charge in [0.05, 0.1) is 17.3 Å². The number of nitrogens with one attached hydrogen (secondary N) is 1. The first-order valence-electron chi connectivity index (χ1n) is 8.38. The lowest BCUT2D eigenvalue weighted by atomic mass is 9.99. The molecule has 1 aromatic heterocycles. The fraction of sp³-hybridized carbons (Fsp3) is 0.150. The molecule has 2 heterocycles. The Kier molecular flexibility index (Phi) is 4.67. The van der Waals surface area contributed by atoms with Crippen LogP contribution in [0.25, 0.3) is 11.3 Å². The Morgan fingerprint density at radius 1 is 1.04 bits per heavy atom. The standard InChI is InChI=1S/C20H17BrN4O/c21-16-8-4-5-9-17(16)24-20(26)15-11-25(12-15)19-10-18(22-13-23-19)14-6-2-1-3-7-14/h1-10,13,15H,11-12H2,(H,24,26). The lowest BCUT2D eigenvalue weighted by Crippen LogP contribution is -2.52. The van der Waals surface area contributed by atoms with Gasteiger partial charge in [0.2, 0.25) is 5.91 Å². The molecule has 0 aliphatic carbocycles. The summed E-state index contributed by atoms with van der Waals surface area (Å²) in [6, 6.07) is 19.6. The van der Waals surface area contributed by atoms with Crippen LogP contribution in [0.4, 0.5) is 11.5 Å². The lowest BCUT2D eigenvalue weighted by molar-refractivity contribution is -0.120. The van der Waals surface area contributed by atoms with Crippen LogP contribution >= 0.6 is 15.9 Å². The smallest absolute Gasteiger partial charge is 0.231 e. The molecule has 1 saturated heterocycles. The molecule has 1 N–H and O–H groups in total. The van der Waals surface area contributed by atoms with Crippen LogP contribution < -0.4 is 10.2 Å². The summed E-state index contributed by atoms with van der Waals surface area (Å²) in [5.74, 6) is 0.839. The summed E-state index contributed by atoms with van der Waals surface area (Å²) in [5.41, 5.74) is 2.74. The van der Waals surface area contributed by atoms with E-state index in [4.69, 9.17) is 0 Å². The first-order chi connectivity index (χ1) is 12.7. The molecule has 0 saturated carbocycles. The molecule has 4 rings (SSSR count). The minimum atomic E-state index is -0.0442. The third-order valence-corrected chi connectivity index (χ3v) is 5.12. The van der Waals surface area contributed by atoms with Gasteiger partial charge >= 0.3 is 0 Å². The molecule has 2 aromatic carbocycles. The summed E-state index contributed by atoms with van der Waals surface area (Å²) < 4.78 is 0.882. The van der Waals surface area contributed by atoms with Crippen LogP contribution in [0.15, 0.2) is 71.5 Å². The molecule has 130 valence electrons. The number of carbonyl (C=O) groups excluding carboxylic acids is 1. The third-order valence-electron chi connectivity index (χ3n) is 4.43. The van der Waals surface area contributed by atoms with E-state index in [1.54, 1.807) is 6.33 Å². The highest BCUT2D eigenvalue weighted by molar-refractivity contribution is 9.10. The summed E-state index contributed by atoms with van der Waals surface area (Å²) in [5, 5.41) is 2.98. The van der Waals surface area contributed by atoms with Gasteiger partial charge < -0.3 is 10.2 Å². The number of carbonyl (C=O) groups is 1. The Morgan fingerprint density at radius 2 is 1.77 bits per heavy atom. The van der Waals surface area contributed by atoms with E-state index in [1.165, 1.54) is 0 Å². The molecular weight excluding hydrogens is 392 g/mol. The molecule has 6 heteroatoms. The number of hydrogen-bond donors (Lipinski definition) is 1. The maximum atomic E-state index is 12.4. The van der Waals surface area contributed by atoms with Crippen molar-refractivity contribution >= 4 is 33.3 Å². The maximum Gasteiger partial charge on any atom is 0.231 e. The number of nitrogens with zero attached hydrogens (tertiary/aromatic N) is 3. The molecule has 0 atom stereocenters. The fourth-order valence-corrected chi connectivity index (χ4v) is 3.30. The number of anilines is 2. The lowest BCUT2D eigenvalue weighted by Gasteiger charge is -2.39. The largest absolute Gasteiger partial charge is 0.355 e. The van der Waals surface area contributed by atoms with E-state index in [0.717, 1.165) is 27.2 Å². The molecule has 3 aromatic rings. The molecule has 1 amide bonds. The predicted molar refractivity (Wildman–Crippen MR) is 106 cm³/mol. The van der Waals surface area contributed by atoms with Crippen molar-refractivity contribution in [1.29, 1.82) is 0 Å². The highest BCUT2D eigenvalue weighted by Crippen LogP contribution is 2.28. The number of benzene rings is 2. The number of halogens is 1. The first kappa shape index (κ1) is 16.7. The minimum absolute atomic E-state index is 0.0329. The molecule has 1 aliphatic rings. The van der Waals surface area contributed by atoms with Gasteiger partial charge in [-0.1, -0.05) is 42.5 Å². The van der Waals surface area contributed by atoms with Gasteiger partial charge in [0, 0.05) is 29.2 Å². The second-order valence-electron chi connectivity index (χ2n) is 6.20. The molecule has 0 bridgehead atoms. The third kappa shape index (κ3) is 3.46. The van der Waals surface area contributed by atoms with Crippen molar-refractivity contribution in [3.05, 3.63) is 71.5 Å². The molecule has 0 radical (unpaired) electrons. The van der Waals surface area contributed by atoms with Crippen molar-refractivity contribution in [2.24, 2.45) is 5.92 Å². The predicted octanol–water partition coefficient (Wildman–Crippen LogP) is 3.98. The zero-order valence-corrected chi connectivity index (χ0v) is 15.6. The molecular formula is C20H17BrN4O. The Labute approximate surface area is 160 Å². The number of hydrogen-bond acceptors (Lipinski definition) is 4. The Balaban J connectivity index is 1.40. The quantitative estimate of drug-likeness (QED) is 0.708. The van der Waals surface area contributed by atoms with Gasteiger partial charge in [-0.15, -0.1) is 0 Å². The number of aromatic nitrogens is 2. The topological polar surface area (TPSA) is 58.1 Å². The van der Waals surface area contributed by atoms with Crippen molar-refractivity contribution < 1.29 is 4.79 Å². The Bertz CT molecular complexity index is 926. The SMILES string of the molecule is O=C(Nc1ccccc1Br)C1CN(c2cc(-c3ccccc3)ncn2)C1. The Morgan fingerprint density at radius 3 is 2.54 bits per heavy atom. The van der Waals surface area contributed by atoms with E-state index in [2.05, 4.69) is 36.1 Å². The van der Waals surface area contributed by atoms with Crippen LogP contribution in [-0.4, -0.2) is 29.0 Å². The van der Waals surface area contributed by atoms with E-state index < -0.39 is 0 Å². The van der Waals surface area contributed by atoms with Crippen LogP contribution in [0, 0.1) is 5.92 Å². The Hall–Kier alpha value is -2.73. The molecule has 1 fully saturated rings.